The maximum absolute atomic E-state index is 12.6. The maximum Gasteiger partial charge on any atom is 0.221 e. The summed E-state index contributed by atoms with van der Waals surface area (Å²) in [4.78, 5) is 16.0. The van der Waals surface area contributed by atoms with Crippen LogP contribution >= 0.6 is 23.2 Å². The number of hydrogen-bond acceptors (Lipinski definition) is 1. The molecule has 1 amide bonds. The zero-order valence-corrected chi connectivity index (χ0v) is 16.7. The molecular weight excluding hydrogens is 379 g/mol. The summed E-state index contributed by atoms with van der Waals surface area (Å²) in [5.41, 5.74) is 4.53. The standard InChI is InChI=1S/C22H22Cl2N2O/c1-2-13-4-3-5-16-18(12-25-22(13)16)17(11-21(27)26-15-7-8-15)14-6-9-19(23)20(24)10-14/h3-6,9-10,12,15,17,25H,2,7-8,11H2,1H3,(H,26,27). The molecule has 1 aliphatic carbocycles. The number of carbonyl (C=O) groups is 1. The highest BCUT2D eigenvalue weighted by Crippen LogP contribution is 2.37. The van der Waals surface area contributed by atoms with Gasteiger partial charge in [-0.05, 0) is 48.1 Å². The predicted molar refractivity (Wildman–Crippen MR) is 112 cm³/mol. The quantitative estimate of drug-likeness (QED) is 0.536. The van der Waals surface area contributed by atoms with Crippen LogP contribution in [0.15, 0.2) is 42.6 Å². The van der Waals surface area contributed by atoms with Crippen LogP contribution in [0.5, 0.6) is 0 Å². The van der Waals surface area contributed by atoms with Gasteiger partial charge in [0.1, 0.15) is 0 Å². The van der Waals surface area contributed by atoms with Gasteiger partial charge in [-0.3, -0.25) is 4.79 Å². The largest absolute Gasteiger partial charge is 0.361 e. The van der Waals surface area contributed by atoms with Crippen molar-refractivity contribution in [1.82, 2.24) is 10.3 Å². The summed E-state index contributed by atoms with van der Waals surface area (Å²) in [6, 6.07) is 12.3. The van der Waals surface area contributed by atoms with Gasteiger partial charge in [-0.15, -0.1) is 0 Å². The van der Waals surface area contributed by atoms with Crippen molar-refractivity contribution in [2.75, 3.05) is 0 Å². The van der Waals surface area contributed by atoms with Crippen LogP contribution in [-0.2, 0) is 11.2 Å². The number of carbonyl (C=O) groups excluding carboxylic acids is 1. The number of para-hydroxylation sites is 1. The molecule has 27 heavy (non-hydrogen) atoms. The third-order valence-electron chi connectivity index (χ3n) is 5.27. The van der Waals surface area contributed by atoms with Crippen molar-refractivity contribution in [1.29, 1.82) is 0 Å². The average molecular weight is 401 g/mol. The second kappa shape index (κ2) is 7.57. The molecule has 3 aromatic rings. The fourth-order valence-corrected chi connectivity index (χ4v) is 3.96. The molecule has 1 aromatic heterocycles. The second-order valence-electron chi connectivity index (χ2n) is 7.21. The molecule has 5 heteroatoms. The molecule has 1 heterocycles. The number of nitrogens with one attached hydrogen (secondary N) is 2. The Morgan fingerprint density at radius 3 is 2.74 bits per heavy atom. The van der Waals surface area contributed by atoms with Gasteiger partial charge in [0.25, 0.3) is 0 Å². The minimum absolute atomic E-state index is 0.0783. The van der Waals surface area contributed by atoms with E-state index in [1.54, 1.807) is 6.07 Å². The number of hydrogen-bond donors (Lipinski definition) is 2. The van der Waals surface area contributed by atoms with E-state index in [1.165, 1.54) is 5.56 Å². The zero-order valence-electron chi connectivity index (χ0n) is 15.2. The summed E-state index contributed by atoms with van der Waals surface area (Å²) in [7, 11) is 0. The van der Waals surface area contributed by atoms with Crippen LogP contribution in [0, 0.1) is 0 Å². The van der Waals surface area contributed by atoms with Gasteiger partial charge in [0.2, 0.25) is 5.91 Å². The lowest BCUT2D eigenvalue weighted by atomic mass is 9.87. The summed E-state index contributed by atoms with van der Waals surface area (Å²) >= 11 is 12.4. The van der Waals surface area contributed by atoms with Gasteiger partial charge in [-0.1, -0.05) is 54.4 Å². The fraction of sp³-hybridized carbons (Fsp3) is 0.318. The lowest BCUT2D eigenvalue weighted by molar-refractivity contribution is -0.121. The number of H-pyrrole nitrogens is 1. The number of aromatic nitrogens is 1. The van der Waals surface area contributed by atoms with Crippen molar-refractivity contribution < 1.29 is 4.79 Å². The summed E-state index contributed by atoms with van der Waals surface area (Å²) in [6.45, 7) is 2.15. The van der Waals surface area contributed by atoms with E-state index in [0.717, 1.165) is 41.3 Å². The molecule has 0 spiro atoms. The molecule has 4 rings (SSSR count). The van der Waals surface area contributed by atoms with Crippen molar-refractivity contribution in [3.63, 3.8) is 0 Å². The number of aromatic amines is 1. The van der Waals surface area contributed by atoms with Crippen LogP contribution in [0.2, 0.25) is 10.0 Å². The first-order chi connectivity index (χ1) is 13.1. The van der Waals surface area contributed by atoms with Gasteiger partial charge in [-0.25, -0.2) is 0 Å². The Balaban J connectivity index is 1.77. The van der Waals surface area contributed by atoms with E-state index < -0.39 is 0 Å². The van der Waals surface area contributed by atoms with Crippen molar-refractivity contribution in [2.45, 2.75) is 44.6 Å². The highest BCUT2D eigenvalue weighted by atomic mass is 35.5. The summed E-state index contributed by atoms with van der Waals surface area (Å²) in [6.07, 6.45) is 5.53. The highest BCUT2D eigenvalue weighted by Gasteiger charge is 2.27. The fourth-order valence-electron chi connectivity index (χ4n) is 3.66. The van der Waals surface area contributed by atoms with Crippen LogP contribution in [-0.4, -0.2) is 16.9 Å². The molecule has 1 fully saturated rings. The Kier molecular flexibility index (Phi) is 5.16. The lowest BCUT2D eigenvalue weighted by Crippen LogP contribution is -2.27. The molecule has 1 saturated carbocycles. The minimum Gasteiger partial charge on any atom is -0.361 e. The first-order valence-electron chi connectivity index (χ1n) is 9.40. The van der Waals surface area contributed by atoms with Crippen molar-refractivity contribution in [3.05, 3.63) is 69.3 Å². The van der Waals surface area contributed by atoms with E-state index in [9.17, 15) is 4.79 Å². The molecule has 2 aromatic carbocycles. The van der Waals surface area contributed by atoms with E-state index in [-0.39, 0.29) is 11.8 Å². The van der Waals surface area contributed by atoms with Crippen molar-refractivity contribution in [3.8, 4) is 0 Å². The van der Waals surface area contributed by atoms with Gasteiger partial charge in [0, 0.05) is 35.5 Å². The monoisotopic (exact) mass is 400 g/mol. The van der Waals surface area contributed by atoms with Crippen LogP contribution in [0.25, 0.3) is 10.9 Å². The SMILES string of the molecule is CCc1cccc2c(C(CC(=O)NC3CC3)c3ccc(Cl)c(Cl)c3)c[nH]c12. The average Bonchev–Trinajstić information content (AvgIpc) is 3.37. The van der Waals surface area contributed by atoms with Gasteiger partial charge < -0.3 is 10.3 Å². The molecular formula is C22H22Cl2N2O. The van der Waals surface area contributed by atoms with E-state index in [0.29, 0.717) is 22.5 Å². The first-order valence-corrected chi connectivity index (χ1v) is 10.2. The number of fused-ring (bicyclic) bond motifs is 1. The smallest absolute Gasteiger partial charge is 0.221 e. The van der Waals surface area contributed by atoms with E-state index in [1.807, 2.05) is 18.3 Å². The first kappa shape index (κ1) is 18.4. The summed E-state index contributed by atoms with van der Waals surface area (Å²) < 4.78 is 0. The maximum atomic E-state index is 12.6. The zero-order chi connectivity index (χ0) is 19.0. The summed E-state index contributed by atoms with van der Waals surface area (Å²) in [5, 5.41) is 5.29. The normalized spacial score (nSPS) is 15.1. The minimum atomic E-state index is -0.0839. The van der Waals surface area contributed by atoms with Crippen LogP contribution in [0.1, 0.15) is 48.8 Å². The third-order valence-corrected chi connectivity index (χ3v) is 6.01. The highest BCUT2D eigenvalue weighted by molar-refractivity contribution is 6.42. The van der Waals surface area contributed by atoms with Crippen LogP contribution in [0.4, 0.5) is 0 Å². The Morgan fingerprint density at radius 2 is 2.04 bits per heavy atom. The topological polar surface area (TPSA) is 44.9 Å². The van der Waals surface area contributed by atoms with Gasteiger partial charge in [0.05, 0.1) is 10.0 Å². The molecule has 1 atom stereocenters. The molecule has 1 aliphatic rings. The van der Waals surface area contributed by atoms with Crippen molar-refractivity contribution >= 4 is 40.0 Å². The molecule has 2 N–H and O–H groups in total. The number of aryl methyl sites for hydroxylation is 1. The Morgan fingerprint density at radius 1 is 1.22 bits per heavy atom. The molecule has 140 valence electrons. The van der Waals surface area contributed by atoms with E-state index in [2.05, 4.69) is 35.4 Å². The predicted octanol–water partition coefficient (Wildman–Crippen LogP) is 5.84. The van der Waals surface area contributed by atoms with Crippen molar-refractivity contribution in [2.24, 2.45) is 0 Å². The molecule has 0 aliphatic heterocycles. The Labute approximate surface area is 169 Å². The number of rotatable bonds is 6. The molecule has 0 bridgehead atoms. The van der Waals surface area contributed by atoms with E-state index in [4.69, 9.17) is 23.2 Å². The summed E-state index contributed by atoms with van der Waals surface area (Å²) in [5.74, 6) is -0.00561. The number of halogens is 2. The molecule has 0 radical (unpaired) electrons. The Bertz CT molecular complexity index is 991. The molecule has 3 nitrogen and oxygen atoms in total. The van der Waals surface area contributed by atoms with Crippen LogP contribution < -0.4 is 5.32 Å². The molecule has 0 saturated heterocycles. The number of amides is 1. The van der Waals surface area contributed by atoms with Gasteiger partial charge >= 0.3 is 0 Å². The lowest BCUT2D eigenvalue weighted by Gasteiger charge is -2.18. The Hall–Kier alpha value is -1.97. The second-order valence-corrected chi connectivity index (χ2v) is 8.02. The number of benzene rings is 2. The van der Waals surface area contributed by atoms with E-state index >= 15 is 0 Å². The molecule has 1 unspecified atom stereocenters. The van der Waals surface area contributed by atoms with Gasteiger partial charge in [0.15, 0.2) is 0 Å². The van der Waals surface area contributed by atoms with Crippen LogP contribution in [0.3, 0.4) is 0 Å². The third kappa shape index (κ3) is 3.85. The van der Waals surface area contributed by atoms with Gasteiger partial charge in [-0.2, -0.15) is 0 Å².